The van der Waals surface area contributed by atoms with Crippen LogP contribution in [0.3, 0.4) is 0 Å². The average molecular weight is 318 g/mol. The molecule has 4 nitrogen and oxygen atoms in total. The molecular weight excluding hydrogens is 305 g/mol. The van der Waals surface area contributed by atoms with Gasteiger partial charge in [0.1, 0.15) is 5.82 Å². The van der Waals surface area contributed by atoms with Crippen LogP contribution < -0.4 is 5.32 Å². The molecule has 1 N–H and O–H groups in total. The summed E-state index contributed by atoms with van der Waals surface area (Å²) in [5, 5.41) is 2.49. The van der Waals surface area contributed by atoms with E-state index in [0.717, 1.165) is 12.1 Å². The van der Waals surface area contributed by atoms with Crippen LogP contribution in [0.4, 0.5) is 10.1 Å². The number of alkyl halides is 1. The van der Waals surface area contributed by atoms with Crippen LogP contribution in [0, 0.1) is 5.82 Å². The van der Waals surface area contributed by atoms with Gasteiger partial charge in [-0.25, -0.2) is 9.18 Å². The third-order valence-corrected chi connectivity index (χ3v) is 3.35. The van der Waals surface area contributed by atoms with E-state index < -0.39 is 16.6 Å². The van der Waals surface area contributed by atoms with Crippen LogP contribution in [0.25, 0.3) is 0 Å². The number of hydrogen-bond acceptors (Lipinski definition) is 3. The molecule has 98 valence electrons. The minimum Gasteiger partial charge on any atom is -0.465 e. The Hall–Kier alpha value is -1.43. The first-order valence-corrected chi connectivity index (χ1v) is 6.24. The van der Waals surface area contributed by atoms with Crippen LogP contribution in [0.5, 0.6) is 0 Å². The molecule has 1 atom stereocenters. The summed E-state index contributed by atoms with van der Waals surface area (Å²) in [7, 11) is 1.22. The first kappa shape index (κ1) is 14.6. The molecule has 0 saturated heterocycles. The van der Waals surface area contributed by atoms with E-state index in [9.17, 15) is 14.0 Å². The Morgan fingerprint density at radius 1 is 1.50 bits per heavy atom. The van der Waals surface area contributed by atoms with Gasteiger partial charge in [0.2, 0.25) is 5.91 Å². The zero-order chi connectivity index (χ0) is 13.7. The number of methoxy groups -OCH3 is 1. The monoisotopic (exact) mass is 317 g/mol. The zero-order valence-corrected chi connectivity index (χ0v) is 11.6. The smallest absolute Gasteiger partial charge is 0.339 e. The number of hydrogen-bond donors (Lipinski definition) is 1. The summed E-state index contributed by atoms with van der Waals surface area (Å²) in [6.45, 7) is 1.83. The van der Waals surface area contributed by atoms with Crippen molar-refractivity contribution in [3.63, 3.8) is 0 Å². The van der Waals surface area contributed by atoms with Gasteiger partial charge < -0.3 is 10.1 Å². The molecule has 0 saturated carbocycles. The van der Waals surface area contributed by atoms with Gasteiger partial charge in [-0.05, 0) is 24.6 Å². The van der Waals surface area contributed by atoms with Gasteiger partial charge in [0.05, 0.1) is 23.2 Å². The Morgan fingerprint density at radius 2 is 2.17 bits per heavy atom. The second-order valence-electron chi connectivity index (χ2n) is 3.55. The van der Waals surface area contributed by atoms with Crippen LogP contribution in [0.2, 0.25) is 0 Å². The minimum atomic E-state index is -0.632. The second kappa shape index (κ2) is 6.49. The molecule has 1 rings (SSSR count). The average Bonchev–Trinajstić information content (AvgIpc) is 2.37. The lowest BCUT2D eigenvalue weighted by Crippen LogP contribution is -2.23. The summed E-state index contributed by atoms with van der Waals surface area (Å²) in [6.07, 6.45) is 0.578. The van der Waals surface area contributed by atoms with Gasteiger partial charge in [-0.15, -0.1) is 0 Å². The fourth-order valence-electron chi connectivity index (χ4n) is 1.30. The standard InChI is InChI=1S/C12H13BrFNO3/c1-3-9(13)11(16)15-10-6-7(14)4-5-8(10)12(17)18-2/h4-6,9H,3H2,1-2H3,(H,15,16). The third kappa shape index (κ3) is 3.53. The first-order chi connectivity index (χ1) is 8.49. The van der Waals surface area contributed by atoms with E-state index in [1.54, 1.807) is 0 Å². The topological polar surface area (TPSA) is 55.4 Å². The van der Waals surface area contributed by atoms with Gasteiger partial charge in [-0.1, -0.05) is 22.9 Å². The number of benzene rings is 1. The van der Waals surface area contributed by atoms with Crippen molar-refractivity contribution in [3.8, 4) is 0 Å². The second-order valence-corrected chi connectivity index (χ2v) is 4.65. The number of amides is 1. The molecule has 0 aliphatic carbocycles. The quantitative estimate of drug-likeness (QED) is 0.686. The van der Waals surface area contributed by atoms with Gasteiger partial charge in [-0.3, -0.25) is 4.79 Å². The normalized spacial score (nSPS) is 11.8. The summed E-state index contributed by atoms with van der Waals surface area (Å²) in [5.74, 6) is -1.51. The molecule has 1 amide bonds. The maximum Gasteiger partial charge on any atom is 0.339 e. The predicted octanol–water partition coefficient (Wildman–Crippen LogP) is 2.72. The van der Waals surface area contributed by atoms with E-state index in [2.05, 4.69) is 26.0 Å². The lowest BCUT2D eigenvalue weighted by molar-refractivity contribution is -0.115. The van der Waals surface area contributed by atoms with Crippen LogP contribution in [0.15, 0.2) is 18.2 Å². The Balaban J connectivity index is 3.03. The van der Waals surface area contributed by atoms with E-state index in [4.69, 9.17) is 0 Å². The highest BCUT2D eigenvalue weighted by Gasteiger charge is 2.18. The van der Waals surface area contributed by atoms with Crippen LogP contribution in [0.1, 0.15) is 23.7 Å². The number of halogens is 2. The summed E-state index contributed by atoms with van der Waals surface area (Å²) in [4.78, 5) is 22.7. The van der Waals surface area contributed by atoms with Gasteiger partial charge in [-0.2, -0.15) is 0 Å². The van der Waals surface area contributed by atoms with Gasteiger partial charge in [0, 0.05) is 0 Å². The van der Waals surface area contributed by atoms with Gasteiger partial charge >= 0.3 is 5.97 Å². The number of nitrogens with one attached hydrogen (secondary N) is 1. The number of anilines is 1. The maximum atomic E-state index is 13.1. The molecule has 1 aromatic rings. The summed E-state index contributed by atoms with van der Waals surface area (Å²) in [6, 6.07) is 3.48. The van der Waals surface area contributed by atoms with Crippen molar-refractivity contribution >= 4 is 33.5 Å². The van der Waals surface area contributed by atoms with E-state index in [-0.39, 0.29) is 17.2 Å². The van der Waals surface area contributed by atoms with Crippen LogP contribution in [-0.4, -0.2) is 23.8 Å². The molecular formula is C12H13BrFNO3. The van der Waals surface area contributed by atoms with Gasteiger partial charge in [0.15, 0.2) is 0 Å². The molecule has 0 heterocycles. The van der Waals surface area contributed by atoms with E-state index >= 15 is 0 Å². The summed E-state index contributed by atoms with van der Waals surface area (Å²) >= 11 is 3.17. The number of esters is 1. The summed E-state index contributed by atoms with van der Waals surface area (Å²) < 4.78 is 17.7. The van der Waals surface area contributed by atoms with Crippen molar-refractivity contribution in [1.29, 1.82) is 0 Å². The minimum absolute atomic E-state index is 0.102. The molecule has 6 heteroatoms. The molecule has 0 aliphatic heterocycles. The Morgan fingerprint density at radius 3 is 2.72 bits per heavy atom. The molecule has 1 aromatic carbocycles. The summed E-state index contributed by atoms with van der Waals surface area (Å²) in [5.41, 5.74) is 0.216. The Kier molecular flexibility index (Phi) is 5.27. The molecule has 1 unspecified atom stereocenters. The zero-order valence-electron chi connectivity index (χ0n) is 10.00. The fraction of sp³-hybridized carbons (Fsp3) is 0.333. The van der Waals surface area contributed by atoms with E-state index in [1.165, 1.54) is 13.2 Å². The molecule has 0 radical (unpaired) electrons. The lowest BCUT2D eigenvalue weighted by Gasteiger charge is -2.12. The van der Waals surface area contributed by atoms with Crippen molar-refractivity contribution in [2.24, 2.45) is 0 Å². The first-order valence-electron chi connectivity index (χ1n) is 5.32. The van der Waals surface area contributed by atoms with Crippen molar-refractivity contribution in [3.05, 3.63) is 29.6 Å². The third-order valence-electron chi connectivity index (χ3n) is 2.29. The molecule has 0 bridgehead atoms. The van der Waals surface area contributed by atoms with Crippen molar-refractivity contribution in [1.82, 2.24) is 0 Å². The highest BCUT2D eigenvalue weighted by molar-refractivity contribution is 9.10. The van der Waals surface area contributed by atoms with E-state index in [1.807, 2.05) is 6.92 Å². The van der Waals surface area contributed by atoms with Crippen molar-refractivity contribution in [2.75, 3.05) is 12.4 Å². The predicted molar refractivity (Wildman–Crippen MR) is 69.4 cm³/mol. The van der Waals surface area contributed by atoms with Crippen molar-refractivity contribution < 1.29 is 18.7 Å². The molecule has 0 spiro atoms. The number of rotatable bonds is 4. The molecule has 18 heavy (non-hydrogen) atoms. The van der Waals surface area contributed by atoms with Crippen LogP contribution >= 0.6 is 15.9 Å². The fourth-order valence-corrected chi connectivity index (χ4v) is 1.42. The van der Waals surface area contributed by atoms with Crippen molar-refractivity contribution in [2.45, 2.75) is 18.2 Å². The van der Waals surface area contributed by atoms with Crippen LogP contribution in [-0.2, 0) is 9.53 Å². The number of carbonyl (C=O) groups is 2. The number of carbonyl (C=O) groups excluding carboxylic acids is 2. The maximum absolute atomic E-state index is 13.1. The lowest BCUT2D eigenvalue weighted by atomic mass is 10.1. The van der Waals surface area contributed by atoms with Gasteiger partial charge in [0.25, 0.3) is 0 Å². The molecule has 0 fully saturated rings. The highest BCUT2D eigenvalue weighted by Crippen LogP contribution is 2.19. The largest absolute Gasteiger partial charge is 0.465 e. The van der Waals surface area contributed by atoms with E-state index in [0.29, 0.717) is 6.42 Å². The molecule has 0 aliphatic rings. The molecule has 0 aromatic heterocycles. The SMILES string of the molecule is CCC(Br)C(=O)Nc1cc(F)ccc1C(=O)OC. The Labute approximate surface area is 113 Å². The Bertz CT molecular complexity index is 465. The highest BCUT2D eigenvalue weighted by atomic mass is 79.9. The number of ether oxygens (including phenoxy) is 1.